The van der Waals surface area contributed by atoms with Crippen LogP contribution in [0.25, 0.3) is 5.69 Å². The average Bonchev–Trinajstić information content (AvgIpc) is 3.15. The lowest BCUT2D eigenvalue weighted by Crippen LogP contribution is -2.38. The molecule has 4 nitrogen and oxygen atoms in total. The average molecular weight is 318 g/mol. The number of hydrogen-bond donors (Lipinski definition) is 0. The first-order valence-electron chi connectivity index (χ1n) is 8.01. The van der Waals surface area contributed by atoms with E-state index in [1.54, 1.807) is 4.90 Å². The molecule has 24 heavy (non-hydrogen) atoms. The van der Waals surface area contributed by atoms with Crippen molar-refractivity contribution < 1.29 is 9.53 Å². The molecule has 0 unspecified atom stereocenters. The Morgan fingerprint density at radius 1 is 1.04 bits per heavy atom. The third kappa shape index (κ3) is 2.56. The molecule has 0 spiro atoms. The normalized spacial score (nSPS) is 13.3. The number of carbonyl (C=O) groups is 1. The smallest absolute Gasteiger partial charge is 0.258 e. The maximum Gasteiger partial charge on any atom is 0.258 e. The minimum absolute atomic E-state index is 0.00389. The highest BCUT2D eigenvalue weighted by atomic mass is 16.5. The predicted molar refractivity (Wildman–Crippen MR) is 94.1 cm³/mol. The molecule has 0 aliphatic carbocycles. The van der Waals surface area contributed by atoms with E-state index in [4.69, 9.17) is 4.74 Å². The third-order valence-corrected chi connectivity index (χ3v) is 4.24. The summed E-state index contributed by atoms with van der Waals surface area (Å²) < 4.78 is 7.68. The van der Waals surface area contributed by atoms with Gasteiger partial charge in [0.05, 0.1) is 12.2 Å². The predicted octanol–water partition coefficient (Wildman–Crippen LogP) is 3.82. The summed E-state index contributed by atoms with van der Waals surface area (Å²) in [7, 11) is 0. The summed E-state index contributed by atoms with van der Waals surface area (Å²) in [6.45, 7) is 3.10. The molecule has 0 N–H and O–H groups in total. The van der Waals surface area contributed by atoms with Gasteiger partial charge in [-0.05, 0) is 61.0 Å². The Hall–Kier alpha value is -3.01. The zero-order valence-electron chi connectivity index (χ0n) is 13.5. The maximum absolute atomic E-state index is 12.9. The number of rotatable bonds is 2. The Labute approximate surface area is 140 Å². The number of carbonyl (C=O) groups excluding carboxylic acids is 1. The van der Waals surface area contributed by atoms with E-state index in [9.17, 15) is 4.79 Å². The standard InChI is InChI=1S/C20H18N2O2/c1-15-4-9-19-18(14-15)22(12-13-24-19)20(23)16-5-7-17(8-6-16)21-10-2-3-11-21/h2-11,14H,12-13H2,1H3. The van der Waals surface area contributed by atoms with Gasteiger partial charge in [-0.2, -0.15) is 0 Å². The van der Waals surface area contributed by atoms with Crippen LogP contribution in [0.4, 0.5) is 5.69 Å². The topological polar surface area (TPSA) is 34.5 Å². The van der Waals surface area contributed by atoms with E-state index in [0.29, 0.717) is 18.7 Å². The molecule has 0 bridgehead atoms. The molecule has 1 aliphatic heterocycles. The molecule has 1 aromatic heterocycles. The van der Waals surface area contributed by atoms with Crippen LogP contribution in [-0.2, 0) is 0 Å². The first-order valence-corrected chi connectivity index (χ1v) is 8.01. The van der Waals surface area contributed by atoms with Crippen LogP contribution >= 0.6 is 0 Å². The van der Waals surface area contributed by atoms with Crippen LogP contribution in [0, 0.1) is 6.92 Å². The highest BCUT2D eigenvalue weighted by Gasteiger charge is 2.24. The summed E-state index contributed by atoms with van der Waals surface area (Å²) in [5.41, 5.74) is 3.68. The summed E-state index contributed by atoms with van der Waals surface area (Å²) in [5, 5.41) is 0. The zero-order valence-corrected chi connectivity index (χ0v) is 13.5. The fraction of sp³-hybridized carbons (Fsp3) is 0.150. The molecule has 4 heteroatoms. The molecule has 0 radical (unpaired) electrons. The molecular formula is C20H18N2O2. The van der Waals surface area contributed by atoms with E-state index in [0.717, 1.165) is 22.7 Å². The third-order valence-electron chi connectivity index (χ3n) is 4.24. The molecule has 1 aliphatic rings. The lowest BCUT2D eigenvalue weighted by Gasteiger charge is -2.30. The number of benzene rings is 2. The summed E-state index contributed by atoms with van der Waals surface area (Å²) >= 11 is 0. The van der Waals surface area contributed by atoms with Crippen LogP contribution in [0.3, 0.4) is 0 Å². The van der Waals surface area contributed by atoms with Gasteiger partial charge in [-0.15, -0.1) is 0 Å². The van der Waals surface area contributed by atoms with Crippen molar-refractivity contribution in [2.24, 2.45) is 0 Å². The molecule has 0 atom stereocenters. The molecule has 2 heterocycles. The van der Waals surface area contributed by atoms with E-state index < -0.39 is 0 Å². The second-order valence-electron chi connectivity index (χ2n) is 5.91. The SMILES string of the molecule is Cc1ccc2c(c1)N(C(=O)c1ccc(-n3cccc3)cc1)CCO2. The highest BCUT2D eigenvalue weighted by molar-refractivity contribution is 6.07. The Kier molecular flexibility index (Phi) is 3.58. The summed E-state index contributed by atoms with van der Waals surface area (Å²) in [4.78, 5) is 14.7. The van der Waals surface area contributed by atoms with E-state index in [1.165, 1.54) is 0 Å². The van der Waals surface area contributed by atoms with Gasteiger partial charge >= 0.3 is 0 Å². The highest BCUT2D eigenvalue weighted by Crippen LogP contribution is 2.33. The minimum atomic E-state index is 0.00389. The second-order valence-corrected chi connectivity index (χ2v) is 5.91. The van der Waals surface area contributed by atoms with Gasteiger partial charge in [-0.1, -0.05) is 6.07 Å². The Morgan fingerprint density at radius 2 is 1.79 bits per heavy atom. The number of hydrogen-bond acceptors (Lipinski definition) is 2. The Bertz CT molecular complexity index is 867. The first-order chi connectivity index (χ1) is 11.7. The molecule has 1 amide bonds. The van der Waals surface area contributed by atoms with Gasteiger partial charge in [-0.3, -0.25) is 4.79 Å². The molecule has 0 saturated carbocycles. The largest absolute Gasteiger partial charge is 0.490 e. The van der Waals surface area contributed by atoms with Gasteiger partial charge in [0, 0.05) is 23.6 Å². The van der Waals surface area contributed by atoms with Crippen LogP contribution in [0.1, 0.15) is 15.9 Å². The number of fused-ring (bicyclic) bond motifs is 1. The van der Waals surface area contributed by atoms with E-state index in [-0.39, 0.29) is 5.91 Å². The monoisotopic (exact) mass is 318 g/mol. The van der Waals surface area contributed by atoms with Crippen molar-refractivity contribution in [3.8, 4) is 11.4 Å². The second kappa shape index (κ2) is 5.89. The van der Waals surface area contributed by atoms with Gasteiger partial charge in [0.2, 0.25) is 0 Å². The van der Waals surface area contributed by atoms with Crippen molar-refractivity contribution in [1.29, 1.82) is 0 Å². The number of nitrogens with zero attached hydrogens (tertiary/aromatic N) is 2. The summed E-state index contributed by atoms with van der Waals surface area (Å²) in [6.07, 6.45) is 3.97. The van der Waals surface area contributed by atoms with Crippen molar-refractivity contribution in [2.45, 2.75) is 6.92 Å². The molecule has 3 aromatic rings. The maximum atomic E-state index is 12.9. The van der Waals surface area contributed by atoms with Crippen LogP contribution in [-0.4, -0.2) is 23.6 Å². The fourth-order valence-corrected chi connectivity index (χ4v) is 2.98. The number of amides is 1. The number of aryl methyl sites for hydroxylation is 1. The van der Waals surface area contributed by atoms with Crippen LogP contribution < -0.4 is 9.64 Å². The number of anilines is 1. The number of ether oxygens (including phenoxy) is 1. The minimum Gasteiger partial charge on any atom is -0.490 e. The Balaban J connectivity index is 1.64. The lowest BCUT2D eigenvalue weighted by atomic mass is 10.1. The van der Waals surface area contributed by atoms with Crippen LogP contribution in [0.5, 0.6) is 5.75 Å². The van der Waals surface area contributed by atoms with Gasteiger partial charge < -0.3 is 14.2 Å². The molecular weight excluding hydrogens is 300 g/mol. The van der Waals surface area contributed by atoms with Crippen LogP contribution in [0.2, 0.25) is 0 Å². The van der Waals surface area contributed by atoms with Gasteiger partial charge in [0.1, 0.15) is 12.4 Å². The van der Waals surface area contributed by atoms with Crippen molar-refractivity contribution in [3.63, 3.8) is 0 Å². The molecule has 120 valence electrons. The first kappa shape index (κ1) is 14.6. The number of aromatic nitrogens is 1. The Morgan fingerprint density at radius 3 is 2.54 bits per heavy atom. The molecule has 4 rings (SSSR count). The summed E-state index contributed by atoms with van der Waals surface area (Å²) in [6, 6.07) is 17.6. The van der Waals surface area contributed by atoms with E-state index in [2.05, 4.69) is 0 Å². The van der Waals surface area contributed by atoms with Crippen molar-refractivity contribution >= 4 is 11.6 Å². The van der Waals surface area contributed by atoms with Crippen molar-refractivity contribution in [3.05, 3.63) is 78.1 Å². The summed E-state index contributed by atoms with van der Waals surface area (Å²) in [5.74, 6) is 0.772. The fourth-order valence-electron chi connectivity index (χ4n) is 2.98. The van der Waals surface area contributed by atoms with E-state index in [1.807, 2.05) is 78.5 Å². The van der Waals surface area contributed by atoms with Gasteiger partial charge in [0.15, 0.2) is 0 Å². The molecule has 2 aromatic carbocycles. The quantitative estimate of drug-likeness (QED) is 0.720. The van der Waals surface area contributed by atoms with E-state index >= 15 is 0 Å². The zero-order chi connectivity index (χ0) is 16.5. The molecule has 0 saturated heterocycles. The molecule has 0 fully saturated rings. The van der Waals surface area contributed by atoms with Crippen molar-refractivity contribution in [2.75, 3.05) is 18.1 Å². The van der Waals surface area contributed by atoms with Crippen LogP contribution in [0.15, 0.2) is 67.0 Å². The van der Waals surface area contributed by atoms with Crippen molar-refractivity contribution in [1.82, 2.24) is 4.57 Å². The lowest BCUT2D eigenvalue weighted by molar-refractivity contribution is 0.0976. The van der Waals surface area contributed by atoms with Gasteiger partial charge in [-0.25, -0.2) is 0 Å². The van der Waals surface area contributed by atoms with Gasteiger partial charge in [0.25, 0.3) is 5.91 Å².